The highest BCUT2D eigenvalue weighted by molar-refractivity contribution is 5.97. The van der Waals surface area contributed by atoms with Crippen molar-refractivity contribution in [3.05, 3.63) is 29.7 Å². The van der Waals surface area contributed by atoms with E-state index >= 15 is 4.39 Å². The molecule has 0 radical (unpaired) electrons. The quantitative estimate of drug-likeness (QED) is 0.541. The fourth-order valence-corrected chi connectivity index (χ4v) is 5.61. The van der Waals surface area contributed by atoms with Crippen LogP contribution in [0.15, 0.2) is 18.3 Å². The Labute approximate surface area is 222 Å². The Morgan fingerprint density at radius 3 is 2.66 bits per heavy atom. The molecule has 2 fully saturated rings. The van der Waals surface area contributed by atoms with Crippen LogP contribution in [-0.4, -0.2) is 79.6 Å². The Morgan fingerprint density at radius 1 is 1.16 bits per heavy atom. The van der Waals surface area contributed by atoms with Gasteiger partial charge < -0.3 is 30.1 Å². The summed E-state index contributed by atoms with van der Waals surface area (Å²) in [5.41, 5.74) is 0.886. The SMILES string of the molecule is COc1cc(C(=O)NCCN2CCCC2)c(F)cc1Nc1ncc2c(n1)N(C1CCCC1)CCC(=O)N2C. The molecule has 1 aromatic heterocycles. The van der Waals surface area contributed by atoms with Crippen molar-refractivity contribution < 1.29 is 18.7 Å². The molecule has 0 spiro atoms. The number of benzene rings is 1. The first kappa shape index (κ1) is 26.1. The van der Waals surface area contributed by atoms with Gasteiger partial charge in [-0.05, 0) is 44.8 Å². The number of aromatic nitrogens is 2. The van der Waals surface area contributed by atoms with Crippen LogP contribution in [0.1, 0.15) is 55.3 Å². The summed E-state index contributed by atoms with van der Waals surface area (Å²) in [6.45, 7) is 3.87. The Bertz CT molecular complexity index is 1180. The molecule has 0 atom stereocenters. The normalized spacial score (nSPS) is 18.4. The first-order chi connectivity index (χ1) is 18.4. The Kier molecular flexibility index (Phi) is 7.92. The lowest BCUT2D eigenvalue weighted by Crippen LogP contribution is -2.34. The van der Waals surface area contributed by atoms with E-state index in [1.54, 1.807) is 18.1 Å². The molecule has 0 unspecified atom stereocenters. The van der Waals surface area contributed by atoms with Crippen LogP contribution in [0.3, 0.4) is 0 Å². The number of nitrogens with zero attached hydrogens (tertiary/aromatic N) is 5. The number of methoxy groups -OCH3 is 1. The third kappa shape index (κ3) is 5.52. The molecule has 1 aromatic carbocycles. The summed E-state index contributed by atoms with van der Waals surface area (Å²) in [6.07, 6.45) is 8.82. The molecule has 2 aliphatic heterocycles. The number of ether oxygens (including phenoxy) is 1. The lowest BCUT2D eigenvalue weighted by molar-refractivity contribution is -0.118. The predicted octanol–water partition coefficient (Wildman–Crippen LogP) is 3.31. The lowest BCUT2D eigenvalue weighted by Gasteiger charge is -2.30. The Hall–Kier alpha value is -3.47. The van der Waals surface area contributed by atoms with Gasteiger partial charge in [-0.2, -0.15) is 4.98 Å². The molecular formula is C27H36FN7O3. The van der Waals surface area contributed by atoms with Gasteiger partial charge in [0.05, 0.1) is 24.6 Å². The fourth-order valence-electron chi connectivity index (χ4n) is 5.61. The van der Waals surface area contributed by atoms with Gasteiger partial charge in [0.25, 0.3) is 5.91 Å². The average Bonchev–Trinajstić information content (AvgIpc) is 3.62. The van der Waals surface area contributed by atoms with Gasteiger partial charge in [0.2, 0.25) is 11.9 Å². The number of carbonyl (C=O) groups is 2. The van der Waals surface area contributed by atoms with Crippen molar-refractivity contribution in [3.63, 3.8) is 0 Å². The molecule has 1 saturated heterocycles. The van der Waals surface area contributed by atoms with Crippen molar-refractivity contribution in [1.82, 2.24) is 20.2 Å². The Morgan fingerprint density at radius 2 is 1.92 bits per heavy atom. The van der Waals surface area contributed by atoms with Crippen molar-refractivity contribution >= 4 is 35.0 Å². The summed E-state index contributed by atoms with van der Waals surface area (Å²) in [6, 6.07) is 2.95. The second kappa shape index (κ2) is 11.5. The molecule has 1 saturated carbocycles. The van der Waals surface area contributed by atoms with Gasteiger partial charge in [-0.15, -0.1) is 0 Å². The van der Waals surface area contributed by atoms with Crippen LogP contribution in [0.2, 0.25) is 0 Å². The smallest absolute Gasteiger partial charge is 0.254 e. The third-order valence-corrected chi connectivity index (χ3v) is 7.78. The van der Waals surface area contributed by atoms with Gasteiger partial charge in [0.15, 0.2) is 5.82 Å². The maximum atomic E-state index is 15.1. The van der Waals surface area contributed by atoms with Crippen LogP contribution >= 0.6 is 0 Å². The molecule has 10 nitrogen and oxygen atoms in total. The van der Waals surface area contributed by atoms with Gasteiger partial charge in [0, 0.05) is 45.2 Å². The molecule has 38 heavy (non-hydrogen) atoms. The number of anilines is 4. The summed E-state index contributed by atoms with van der Waals surface area (Å²) >= 11 is 0. The zero-order chi connectivity index (χ0) is 26.6. The van der Waals surface area contributed by atoms with E-state index in [0.29, 0.717) is 48.5 Å². The zero-order valence-corrected chi connectivity index (χ0v) is 22.1. The number of fused-ring (bicyclic) bond motifs is 1. The zero-order valence-electron chi connectivity index (χ0n) is 22.1. The largest absolute Gasteiger partial charge is 0.495 e. The molecule has 1 aliphatic carbocycles. The van der Waals surface area contributed by atoms with Crippen LogP contribution in [0.4, 0.5) is 27.5 Å². The van der Waals surface area contributed by atoms with Gasteiger partial charge in [-0.3, -0.25) is 9.59 Å². The molecular weight excluding hydrogens is 489 g/mol. The van der Waals surface area contributed by atoms with E-state index in [1.165, 1.54) is 32.1 Å². The van der Waals surface area contributed by atoms with E-state index in [-0.39, 0.29) is 17.4 Å². The highest BCUT2D eigenvalue weighted by Crippen LogP contribution is 2.37. The maximum absolute atomic E-state index is 15.1. The van der Waals surface area contributed by atoms with Crippen molar-refractivity contribution in [1.29, 1.82) is 0 Å². The molecule has 11 heteroatoms. The minimum atomic E-state index is -0.667. The summed E-state index contributed by atoms with van der Waals surface area (Å²) in [5, 5.41) is 5.87. The van der Waals surface area contributed by atoms with Crippen molar-refractivity contribution in [2.75, 3.05) is 62.0 Å². The number of carbonyl (C=O) groups excluding carboxylic acids is 2. The maximum Gasteiger partial charge on any atom is 0.254 e. The molecule has 2 N–H and O–H groups in total. The molecule has 2 amide bonds. The summed E-state index contributed by atoms with van der Waals surface area (Å²) < 4.78 is 20.6. The van der Waals surface area contributed by atoms with E-state index in [0.717, 1.165) is 45.3 Å². The van der Waals surface area contributed by atoms with Crippen LogP contribution < -0.4 is 25.2 Å². The van der Waals surface area contributed by atoms with Gasteiger partial charge >= 0.3 is 0 Å². The minimum absolute atomic E-state index is 0.0223. The lowest BCUT2D eigenvalue weighted by atomic mass is 10.1. The van der Waals surface area contributed by atoms with Crippen LogP contribution in [0.5, 0.6) is 5.75 Å². The highest BCUT2D eigenvalue weighted by Gasteiger charge is 2.32. The second-order valence-corrected chi connectivity index (χ2v) is 10.2. The molecule has 204 valence electrons. The standard InChI is InChI=1S/C27H36FN7O3/c1-33-22-17-30-27(32-25(22)35(13-9-24(33)36)18-7-3-4-8-18)31-21-16-20(28)19(15-23(21)38-2)26(37)29-10-14-34-11-5-6-12-34/h15-18H,3-14H2,1-2H3,(H,29,37)(H,30,31,32). The van der Waals surface area contributed by atoms with Crippen LogP contribution in [0.25, 0.3) is 0 Å². The third-order valence-electron chi connectivity index (χ3n) is 7.78. The molecule has 0 bridgehead atoms. The first-order valence-electron chi connectivity index (χ1n) is 13.5. The number of amides is 2. The van der Waals surface area contributed by atoms with Crippen molar-refractivity contribution in [2.24, 2.45) is 0 Å². The van der Waals surface area contributed by atoms with Gasteiger partial charge in [-0.1, -0.05) is 12.8 Å². The minimum Gasteiger partial charge on any atom is -0.495 e. The van der Waals surface area contributed by atoms with Crippen LogP contribution in [-0.2, 0) is 4.79 Å². The number of hydrogen-bond acceptors (Lipinski definition) is 8. The number of halogens is 1. The van der Waals surface area contributed by atoms with E-state index in [1.807, 2.05) is 0 Å². The number of likely N-dealkylation sites (tertiary alicyclic amines) is 1. The van der Waals surface area contributed by atoms with E-state index in [2.05, 4.69) is 25.4 Å². The monoisotopic (exact) mass is 525 g/mol. The molecule has 2 aromatic rings. The van der Waals surface area contributed by atoms with Gasteiger partial charge in [-0.25, -0.2) is 9.37 Å². The van der Waals surface area contributed by atoms with E-state index in [9.17, 15) is 9.59 Å². The van der Waals surface area contributed by atoms with Crippen LogP contribution in [0, 0.1) is 5.82 Å². The summed E-state index contributed by atoms with van der Waals surface area (Å²) in [7, 11) is 3.21. The molecule has 3 aliphatic rings. The highest BCUT2D eigenvalue weighted by atomic mass is 19.1. The van der Waals surface area contributed by atoms with Crippen molar-refractivity contribution in [3.8, 4) is 5.75 Å². The summed E-state index contributed by atoms with van der Waals surface area (Å²) in [5.74, 6) is 0.127. The fraction of sp³-hybridized carbons (Fsp3) is 0.556. The number of rotatable bonds is 8. The second-order valence-electron chi connectivity index (χ2n) is 10.2. The Balaban J connectivity index is 1.36. The topological polar surface area (TPSA) is 103 Å². The van der Waals surface area contributed by atoms with Gasteiger partial charge in [0.1, 0.15) is 17.3 Å². The average molecular weight is 526 g/mol. The first-order valence-corrected chi connectivity index (χ1v) is 13.5. The van der Waals surface area contributed by atoms with E-state index in [4.69, 9.17) is 9.72 Å². The van der Waals surface area contributed by atoms with E-state index < -0.39 is 11.7 Å². The molecule has 5 rings (SSSR count). The predicted molar refractivity (Wildman–Crippen MR) is 144 cm³/mol. The van der Waals surface area contributed by atoms with Crippen molar-refractivity contribution in [2.45, 2.75) is 51.0 Å². The number of hydrogen-bond donors (Lipinski definition) is 2. The molecule has 3 heterocycles. The number of nitrogens with one attached hydrogen (secondary N) is 2. The summed E-state index contributed by atoms with van der Waals surface area (Å²) in [4.78, 5) is 40.5.